The van der Waals surface area contributed by atoms with Crippen LogP contribution in [-0.2, 0) is 27.9 Å². The summed E-state index contributed by atoms with van der Waals surface area (Å²) in [6, 6.07) is 0. The van der Waals surface area contributed by atoms with Crippen LogP contribution in [0.15, 0.2) is 122 Å². The third kappa shape index (κ3) is 49.8. The minimum atomic E-state index is -4.31. The second kappa shape index (κ2) is 45.5. The van der Waals surface area contributed by atoms with Crippen molar-refractivity contribution >= 4 is 13.8 Å². The normalized spacial score (nSPS) is 14.7. The summed E-state index contributed by atoms with van der Waals surface area (Å²) >= 11 is 0. The molecule has 63 heavy (non-hydrogen) atoms. The second-order valence-electron chi connectivity index (χ2n) is 16.7. The van der Waals surface area contributed by atoms with E-state index in [-0.39, 0.29) is 32.2 Å². The molecule has 0 saturated heterocycles. The van der Waals surface area contributed by atoms with E-state index in [0.29, 0.717) is 24.1 Å². The van der Waals surface area contributed by atoms with E-state index < -0.39 is 13.9 Å². The van der Waals surface area contributed by atoms with Crippen LogP contribution >= 0.6 is 7.82 Å². The predicted octanol–water partition coefficient (Wildman–Crippen LogP) is 14.9. The van der Waals surface area contributed by atoms with E-state index >= 15 is 0 Å². The Labute approximate surface area is 386 Å². The highest BCUT2D eigenvalue weighted by atomic mass is 31.2. The van der Waals surface area contributed by atoms with Gasteiger partial charge in [0.25, 0.3) is 0 Å². The SMILES string of the molecule is CC/C=C\C/C=C\C/C=C\C/C=C\C/C=C\C/C=C\C/C=C\CCCC(=O)OC(COCCCCCCCCCC/C=C\C/C=C\C/C=C\CC)COP(=O)(O)OCC[N+](C)(C)C. The third-order valence-electron chi connectivity index (χ3n) is 9.52. The Bertz CT molecular complexity index is 1410. The van der Waals surface area contributed by atoms with E-state index in [1.807, 2.05) is 21.1 Å². The Hall–Kier alpha value is -3.10. The molecule has 0 heterocycles. The second-order valence-corrected chi connectivity index (χ2v) is 18.2. The summed E-state index contributed by atoms with van der Waals surface area (Å²) < 4.78 is 35.0. The fourth-order valence-electron chi connectivity index (χ4n) is 5.85. The van der Waals surface area contributed by atoms with Crippen LogP contribution in [0.4, 0.5) is 0 Å². The first-order valence-electron chi connectivity index (χ1n) is 24.3. The van der Waals surface area contributed by atoms with Crippen LogP contribution in [0.3, 0.4) is 0 Å². The van der Waals surface area contributed by atoms with Crippen LogP contribution in [0.25, 0.3) is 0 Å². The summed E-state index contributed by atoms with van der Waals surface area (Å²) in [6.45, 7) is 5.27. The number of esters is 1. The molecule has 0 spiro atoms. The van der Waals surface area contributed by atoms with Gasteiger partial charge in [0.2, 0.25) is 0 Å². The van der Waals surface area contributed by atoms with Crippen LogP contribution in [0, 0.1) is 0 Å². The number of allylic oxidation sites excluding steroid dienone is 20. The smallest absolute Gasteiger partial charge is 0.457 e. The van der Waals surface area contributed by atoms with Gasteiger partial charge < -0.3 is 18.9 Å². The molecule has 0 bridgehead atoms. The lowest BCUT2D eigenvalue weighted by molar-refractivity contribution is -0.870. The average Bonchev–Trinajstić information content (AvgIpc) is 3.24. The molecule has 0 rings (SSSR count). The summed E-state index contributed by atoms with van der Waals surface area (Å²) in [5.74, 6) is -0.379. The minimum absolute atomic E-state index is 0.0684. The predicted molar refractivity (Wildman–Crippen MR) is 270 cm³/mol. The maximum atomic E-state index is 12.7. The zero-order valence-corrected chi connectivity index (χ0v) is 41.4. The van der Waals surface area contributed by atoms with E-state index in [1.54, 1.807) is 0 Å². The quantitative estimate of drug-likeness (QED) is 0.0214. The number of phosphoric ester groups is 1. The topological polar surface area (TPSA) is 91.3 Å². The van der Waals surface area contributed by atoms with E-state index in [1.165, 1.54) is 38.5 Å². The Morgan fingerprint density at radius 2 is 0.873 bits per heavy atom. The van der Waals surface area contributed by atoms with E-state index in [0.717, 1.165) is 89.9 Å². The molecular weight excluding hydrogens is 806 g/mol. The van der Waals surface area contributed by atoms with E-state index in [9.17, 15) is 14.3 Å². The van der Waals surface area contributed by atoms with Gasteiger partial charge >= 0.3 is 13.8 Å². The Kier molecular flexibility index (Phi) is 43.2. The van der Waals surface area contributed by atoms with Crippen LogP contribution in [0.5, 0.6) is 0 Å². The number of hydrogen-bond donors (Lipinski definition) is 1. The summed E-state index contributed by atoms with van der Waals surface area (Å²) in [7, 11) is 1.60. The Morgan fingerprint density at radius 3 is 1.30 bits per heavy atom. The molecule has 0 aliphatic rings. The van der Waals surface area contributed by atoms with Crippen molar-refractivity contribution in [3.8, 4) is 0 Å². The molecule has 358 valence electrons. The third-order valence-corrected chi connectivity index (χ3v) is 10.5. The van der Waals surface area contributed by atoms with Crippen LogP contribution in [0.1, 0.15) is 155 Å². The molecule has 2 unspecified atom stereocenters. The van der Waals surface area contributed by atoms with Gasteiger partial charge in [-0.2, -0.15) is 0 Å². The molecule has 0 aliphatic heterocycles. The molecule has 1 N–H and O–H groups in total. The van der Waals surface area contributed by atoms with Crippen LogP contribution in [-0.4, -0.2) is 75.6 Å². The molecule has 0 aliphatic carbocycles. The van der Waals surface area contributed by atoms with E-state index in [4.69, 9.17) is 18.5 Å². The van der Waals surface area contributed by atoms with Gasteiger partial charge in [-0.25, -0.2) is 4.57 Å². The standard InChI is InChI=1S/C54H90NO7P/c1-6-8-10-12-14-16-18-20-22-24-26-27-28-29-30-31-33-35-37-39-41-43-45-47-54(56)62-53(52-61-63(57,58)60-50-48-55(3,4)5)51-59-49-46-44-42-40-38-36-34-32-25-23-21-19-17-15-13-11-9-7-2/h8-11,14-17,20-23,26-27,29-30,33,35,39,41,53H,6-7,12-13,18-19,24-25,28,31-32,34,36-38,40,42-52H2,1-5H3/p+1/b10-8-,11-9-,16-14-,17-15-,22-20-,23-21-,27-26-,30-29-,35-33-,41-39-. The van der Waals surface area contributed by atoms with Gasteiger partial charge in [-0.1, -0.05) is 174 Å². The number of quaternary nitrogens is 1. The number of ether oxygens (including phenoxy) is 2. The average molecular weight is 897 g/mol. The Morgan fingerprint density at radius 1 is 0.492 bits per heavy atom. The van der Waals surface area contributed by atoms with Crippen LogP contribution in [0.2, 0.25) is 0 Å². The number of hydrogen-bond acceptors (Lipinski definition) is 6. The monoisotopic (exact) mass is 897 g/mol. The van der Waals surface area contributed by atoms with Gasteiger partial charge in [0.05, 0.1) is 34.4 Å². The number of rotatable bonds is 43. The first-order chi connectivity index (χ1) is 30.6. The fourth-order valence-corrected chi connectivity index (χ4v) is 6.59. The van der Waals surface area contributed by atoms with Crippen molar-refractivity contribution in [1.29, 1.82) is 0 Å². The van der Waals surface area contributed by atoms with Crippen molar-refractivity contribution in [2.24, 2.45) is 0 Å². The number of likely N-dealkylation sites (N-methyl/N-ethyl adjacent to an activating group) is 1. The molecule has 0 aromatic heterocycles. The summed E-state index contributed by atoms with van der Waals surface area (Å²) in [5, 5.41) is 0. The van der Waals surface area contributed by atoms with Crippen molar-refractivity contribution in [1.82, 2.24) is 0 Å². The number of carbonyl (C=O) groups excluding carboxylic acids is 1. The first-order valence-corrected chi connectivity index (χ1v) is 25.8. The number of phosphoric acid groups is 1. The number of nitrogens with zero attached hydrogens (tertiary/aromatic N) is 1. The van der Waals surface area contributed by atoms with E-state index in [2.05, 4.69) is 135 Å². The summed E-state index contributed by atoms with van der Waals surface area (Å²) in [4.78, 5) is 23.0. The van der Waals surface area contributed by atoms with Crippen molar-refractivity contribution in [2.45, 2.75) is 161 Å². The van der Waals surface area contributed by atoms with Gasteiger partial charge in [-0.3, -0.25) is 13.8 Å². The highest BCUT2D eigenvalue weighted by Gasteiger charge is 2.26. The molecule has 0 saturated carbocycles. The lowest BCUT2D eigenvalue weighted by atomic mass is 10.1. The maximum absolute atomic E-state index is 12.7. The molecule has 0 radical (unpaired) electrons. The van der Waals surface area contributed by atoms with Gasteiger partial charge in [-0.05, 0) is 96.3 Å². The van der Waals surface area contributed by atoms with Gasteiger partial charge in [0, 0.05) is 13.0 Å². The maximum Gasteiger partial charge on any atom is 0.472 e. The molecule has 9 heteroatoms. The zero-order chi connectivity index (χ0) is 46.2. The van der Waals surface area contributed by atoms with Crippen molar-refractivity contribution < 1.29 is 37.3 Å². The highest BCUT2D eigenvalue weighted by molar-refractivity contribution is 7.47. The molecule has 0 fully saturated rings. The Balaban J connectivity index is 4.34. The zero-order valence-electron chi connectivity index (χ0n) is 40.5. The van der Waals surface area contributed by atoms with Crippen LogP contribution < -0.4 is 0 Å². The summed E-state index contributed by atoms with van der Waals surface area (Å²) in [5.41, 5.74) is 0. The fraction of sp³-hybridized carbons (Fsp3) is 0.611. The molecule has 2 atom stereocenters. The van der Waals surface area contributed by atoms with Gasteiger partial charge in [-0.15, -0.1) is 0 Å². The molecule has 0 aromatic carbocycles. The van der Waals surface area contributed by atoms with Crippen molar-refractivity contribution in [3.63, 3.8) is 0 Å². The molecule has 8 nitrogen and oxygen atoms in total. The minimum Gasteiger partial charge on any atom is -0.457 e. The number of carbonyl (C=O) groups is 1. The summed E-state index contributed by atoms with van der Waals surface area (Å²) in [6.07, 6.45) is 65.3. The molecule has 0 amide bonds. The van der Waals surface area contributed by atoms with Crippen molar-refractivity contribution in [3.05, 3.63) is 122 Å². The lowest BCUT2D eigenvalue weighted by Crippen LogP contribution is -2.37. The number of unbranched alkanes of at least 4 members (excludes halogenated alkanes) is 9. The highest BCUT2D eigenvalue weighted by Crippen LogP contribution is 2.43. The van der Waals surface area contributed by atoms with Gasteiger partial charge in [0.15, 0.2) is 0 Å². The van der Waals surface area contributed by atoms with Crippen molar-refractivity contribution in [2.75, 3.05) is 54.1 Å². The van der Waals surface area contributed by atoms with Gasteiger partial charge in [0.1, 0.15) is 19.3 Å². The molecule has 0 aromatic rings. The molecular formula is C54H91NO7P+. The lowest BCUT2D eigenvalue weighted by Gasteiger charge is -2.24. The largest absolute Gasteiger partial charge is 0.472 e. The first kappa shape index (κ1) is 59.9.